The summed E-state index contributed by atoms with van der Waals surface area (Å²) in [7, 11) is -5.99. The maximum atomic E-state index is 13.9. The first-order chi connectivity index (χ1) is 22.3. The predicted molar refractivity (Wildman–Crippen MR) is 163 cm³/mol. The molecule has 0 aromatic carbocycles. The number of hydrogen-bond acceptors (Lipinski definition) is 11. The van der Waals surface area contributed by atoms with Crippen LogP contribution in [0.3, 0.4) is 0 Å². The Morgan fingerprint density at radius 1 is 0.917 bits per heavy atom. The maximum Gasteiger partial charge on any atom is 0.465 e. The summed E-state index contributed by atoms with van der Waals surface area (Å²) in [5.74, 6) is -3.11. The van der Waals surface area contributed by atoms with Crippen molar-refractivity contribution < 1.29 is 64.7 Å². The molecule has 0 spiro atoms. The molecule has 15 heteroatoms. The number of ketones is 3. The predicted octanol–water partition coefficient (Wildman–Crippen LogP) is 4.27. The van der Waals surface area contributed by atoms with Crippen LogP contribution < -0.4 is 0 Å². The van der Waals surface area contributed by atoms with Gasteiger partial charge in [0.25, 0.3) is 0 Å². The van der Waals surface area contributed by atoms with Crippen LogP contribution >= 0.6 is 0 Å². The number of ether oxygens (including phenoxy) is 3. The minimum Gasteiger partial charge on any atom is -0.466 e. The van der Waals surface area contributed by atoms with E-state index in [2.05, 4.69) is 11.7 Å². The Kier molecular flexibility index (Phi) is 11.5. The first-order valence-electron chi connectivity index (χ1n) is 16.7. The van der Waals surface area contributed by atoms with Crippen LogP contribution in [0, 0.1) is 46.3 Å². The van der Waals surface area contributed by atoms with Gasteiger partial charge in [0.05, 0.1) is 6.61 Å². The highest BCUT2D eigenvalue weighted by Gasteiger charge is 2.66. The molecule has 4 aliphatic rings. The van der Waals surface area contributed by atoms with Gasteiger partial charge in [-0.25, -0.2) is 4.79 Å². The molecule has 4 aliphatic carbocycles. The molecule has 4 rings (SSSR count). The van der Waals surface area contributed by atoms with Gasteiger partial charge in [0.15, 0.2) is 0 Å². The third kappa shape index (κ3) is 7.51. The van der Waals surface area contributed by atoms with Crippen molar-refractivity contribution in [2.75, 3.05) is 19.8 Å². The van der Waals surface area contributed by atoms with E-state index >= 15 is 0 Å². The quantitative estimate of drug-likeness (QED) is 0.117. The highest BCUT2D eigenvalue weighted by molar-refractivity contribution is 7.87. The molecule has 4 saturated carbocycles. The van der Waals surface area contributed by atoms with Gasteiger partial charge in [0, 0.05) is 49.9 Å². The highest BCUT2D eigenvalue weighted by Crippen LogP contribution is 2.66. The number of esters is 3. The van der Waals surface area contributed by atoms with Gasteiger partial charge in [-0.15, -0.1) is 0 Å². The Bertz CT molecular complexity index is 1410. The Balaban J connectivity index is 1.16. The van der Waals surface area contributed by atoms with Crippen molar-refractivity contribution in [3.63, 3.8) is 0 Å². The van der Waals surface area contributed by atoms with E-state index in [4.69, 9.17) is 14.0 Å². The fourth-order valence-electron chi connectivity index (χ4n) is 9.12. The summed E-state index contributed by atoms with van der Waals surface area (Å²) >= 11 is 0. The lowest BCUT2D eigenvalue weighted by atomic mass is 9.44. The summed E-state index contributed by atoms with van der Waals surface area (Å²) < 4.78 is 69.5. The number of halogens is 2. The van der Waals surface area contributed by atoms with Gasteiger partial charge in [0.1, 0.15) is 30.6 Å². The molecule has 4 unspecified atom stereocenters. The van der Waals surface area contributed by atoms with E-state index in [1.165, 1.54) is 0 Å². The number of hydrogen-bond donors (Lipinski definition) is 1. The molecule has 12 nitrogen and oxygen atoms in total. The number of alkyl halides is 2. The second-order valence-corrected chi connectivity index (χ2v) is 16.0. The zero-order chi connectivity index (χ0) is 35.7. The van der Waals surface area contributed by atoms with E-state index in [0.29, 0.717) is 38.5 Å². The molecule has 1 N–H and O–H groups in total. The second kappa shape index (κ2) is 14.6. The van der Waals surface area contributed by atoms with Crippen LogP contribution in [0.1, 0.15) is 97.8 Å². The summed E-state index contributed by atoms with van der Waals surface area (Å²) in [4.78, 5) is 75.0. The van der Waals surface area contributed by atoms with Gasteiger partial charge < -0.3 is 14.2 Å². The summed E-state index contributed by atoms with van der Waals surface area (Å²) in [6.45, 7) is 4.86. The van der Waals surface area contributed by atoms with Gasteiger partial charge in [-0.1, -0.05) is 20.8 Å². The number of Topliss-reactive ketones (excluding diaryl/α,β-unsaturated/α-hetero) is 3. The smallest absolute Gasteiger partial charge is 0.465 e. The van der Waals surface area contributed by atoms with Crippen LogP contribution in [-0.2, 0) is 53.1 Å². The fraction of sp³-hybridized carbons (Fsp3) is 0.818. The first kappa shape index (κ1) is 38.0. The molecule has 48 heavy (non-hydrogen) atoms. The number of fused-ring (bicyclic) bond motifs is 5. The van der Waals surface area contributed by atoms with Crippen molar-refractivity contribution in [2.24, 2.45) is 46.3 Å². The maximum absolute atomic E-state index is 13.9. The fourth-order valence-corrected chi connectivity index (χ4v) is 9.39. The normalized spacial score (nSPS) is 32.5. The van der Waals surface area contributed by atoms with Crippen molar-refractivity contribution in [2.45, 2.75) is 103 Å². The van der Waals surface area contributed by atoms with Crippen LogP contribution in [0.2, 0.25) is 0 Å². The molecule has 4 fully saturated rings. The Morgan fingerprint density at radius 2 is 1.56 bits per heavy atom. The molecule has 0 aromatic rings. The molecule has 0 radical (unpaired) electrons. The molecule has 8 atom stereocenters. The molecule has 0 aromatic heterocycles. The average Bonchev–Trinajstić information content (AvgIpc) is 3.37. The summed E-state index contributed by atoms with van der Waals surface area (Å²) in [5, 5.41) is -5.14. The largest absolute Gasteiger partial charge is 0.466 e. The van der Waals surface area contributed by atoms with E-state index in [9.17, 15) is 46.0 Å². The number of carbonyl (C=O) groups is 6. The van der Waals surface area contributed by atoms with Gasteiger partial charge in [0.2, 0.25) is 0 Å². The lowest BCUT2D eigenvalue weighted by molar-refractivity contribution is -0.166. The summed E-state index contributed by atoms with van der Waals surface area (Å²) in [6.07, 6.45) is 5.29. The van der Waals surface area contributed by atoms with Gasteiger partial charge >= 0.3 is 33.3 Å². The third-order valence-electron chi connectivity index (χ3n) is 11.9. The van der Waals surface area contributed by atoms with Crippen LogP contribution in [0.25, 0.3) is 0 Å². The topological polar surface area (TPSA) is 184 Å². The van der Waals surface area contributed by atoms with Crippen molar-refractivity contribution in [3.8, 4) is 0 Å². The van der Waals surface area contributed by atoms with Gasteiger partial charge in [-0.3, -0.25) is 28.5 Å². The molecule has 0 amide bonds. The van der Waals surface area contributed by atoms with Crippen LogP contribution in [0.5, 0.6) is 0 Å². The summed E-state index contributed by atoms with van der Waals surface area (Å²) in [6, 6.07) is 0. The average molecular weight is 705 g/mol. The van der Waals surface area contributed by atoms with E-state index in [0.717, 1.165) is 19.3 Å². The monoisotopic (exact) mass is 704 g/mol. The molecule has 270 valence electrons. The Labute approximate surface area is 279 Å². The first-order valence-corrected chi connectivity index (χ1v) is 18.2. The second-order valence-electron chi connectivity index (χ2n) is 14.5. The number of rotatable bonds is 14. The molecular weight excluding hydrogens is 658 g/mol. The van der Waals surface area contributed by atoms with Crippen molar-refractivity contribution in [1.82, 2.24) is 0 Å². The molecule has 0 bridgehead atoms. The van der Waals surface area contributed by atoms with Gasteiger partial charge in [-0.05, 0) is 73.5 Å². The van der Waals surface area contributed by atoms with E-state index < -0.39 is 51.9 Å². The Hall–Kier alpha value is -2.81. The molecule has 0 heterocycles. The van der Waals surface area contributed by atoms with Crippen LogP contribution in [0.15, 0.2) is 0 Å². The van der Waals surface area contributed by atoms with Crippen molar-refractivity contribution >= 4 is 45.4 Å². The van der Waals surface area contributed by atoms with Crippen LogP contribution in [0.4, 0.5) is 8.78 Å². The summed E-state index contributed by atoms with van der Waals surface area (Å²) in [5.41, 5.74) is -0.804. The van der Waals surface area contributed by atoms with Crippen molar-refractivity contribution in [1.29, 1.82) is 0 Å². The third-order valence-corrected chi connectivity index (χ3v) is 12.7. The molecule has 0 aliphatic heterocycles. The minimum atomic E-state index is -5.99. The lowest BCUT2D eigenvalue weighted by Crippen LogP contribution is -2.60. The van der Waals surface area contributed by atoms with E-state index in [1.54, 1.807) is 0 Å². The van der Waals surface area contributed by atoms with Gasteiger partial charge in [-0.2, -0.15) is 17.2 Å². The van der Waals surface area contributed by atoms with Crippen LogP contribution in [-0.4, -0.2) is 73.3 Å². The lowest BCUT2D eigenvalue weighted by Gasteiger charge is -2.58. The van der Waals surface area contributed by atoms with Crippen molar-refractivity contribution in [3.05, 3.63) is 0 Å². The zero-order valence-electron chi connectivity index (χ0n) is 27.7. The van der Waals surface area contributed by atoms with E-state index in [-0.39, 0.29) is 84.1 Å². The minimum absolute atomic E-state index is 0.0191. The number of carbonyl (C=O) groups excluding carboxylic acids is 6. The molecular formula is C33H46F2O12S. The zero-order valence-corrected chi connectivity index (χ0v) is 28.5. The standard InChI is InChI=1S/C33H46F2O12S/c1-19(7-10-28(40)45-13-5-4-6-27(39)46-14-15-47-30(41)33(34,35)48(42,43)44)22-8-9-23-29-24(18-26(38)32(22,23)3)31(2)12-11-21(36)16-20(31)17-25(29)37/h19-20,22-24,29H,4-18H2,1-3H3,(H,42,43,44)/t19-,20?,22-,23?,24?,29?,31+,32-/m1/s1. The molecule has 0 saturated heterocycles. The number of unbranched alkanes of at least 4 members (excludes halogenated alkanes) is 1. The Morgan fingerprint density at radius 3 is 2.25 bits per heavy atom. The highest BCUT2D eigenvalue weighted by atomic mass is 32.2. The van der Waals surface area contributed by atoms with E-state index in [1.807, 2.05) is 13.8 Å². The SMILES string of the molecule is C[C@H](CCC(=O)OCCCCC(=O)OCCOC(=O)C(F)(F)S(=O)(=O)O)[C@H]1CCC2C3C(=O)CC4CC(=O)CC[C@]4(C)C3CC(=O)[C@@]21C.